The van der Waals surface area contributed by atoms with Crippen molar-refractivity contribution < 1.29 is 4.79 Å². The van der Waals surface area contributed by atoms with Crippen LogP contribution in [0.2, 0.25) is 15.1 Å². The minimum Gasteiger partial charge on any atom is -0.337 e. The number of carbonyl (C=O) groups is 1. The lowest BCUT2D eigenvalue weighted by molar-refractivity contribution is 0.0785. The summed E-state index contributed by atoms with van der Waals surface area (Å²) in [4.78, 5) is 14.0. The van der Waals surface area contributed by atoms with Crippen LogP contribution in [0.3, 0.4) is 0 Å². The van der Waals surface area contributed by atoms with Crippen LogP contribution in [0.1, 0.15) is 15.9 Å². The number of halogens is 4. The average molecular weight is 408 g/mol. The molecular weight excluding hydrogens is 396 g/mol. The van der Waals surface area contributed by atoms with E-state index in [1.807, 2.05) is 6.07 Å². The van der Waals surface area contributed by atoms with Crippen molar-refractivity contribution in [3.63, 3.8) is 0 Å². The van der Waals surface area contributed by atoms with E-state index in [0.717, 1.165) is 10.0 Å². The van der Waals surface area contributed by atoms with Crippen LogP contribution in [0, 0.1) is 0 Å². The summed E-state index contributed by atoms with van der Waals surface area (Å²) >= 11 is 21.1. The molecule has 110 valence electrons. The van der Waals surface area contributed by atoms with Crippen LogP contribution in [0.25, 0.3) is 0 Å². The minimum atomic E-state index is -0.121. The maximum atomic E-state index is 12.4. The number of hydrogen-bond acceptors (Lipinski definition) is 1. The van der Waals surface area contributed by atoms with E-state index in [1.165, 1.54) is 0 Å². The molecule has 0 fully saturated rings. The van der Waals surface area contributed by atoms with Crippen LogP contribution in [0.5, 0.6) is 0 Å². The summed E-state index contributed by atoms with van der Waals surface area (Å²) in [6, 6.07) is 10.4. The smallest absolute Gasteiger partial charge is 0.253 e. The molecule has 0 saturated heterocycles. The number of nitrogens with zero attached hydrogens (tertiary/aromatic N) is 1. The Morgan fingerprint density at radius 2 is 1.81 bits per heavy atom. The van der Waals surface area contributed by atoms with Crippen molar-refractivity contribution in [3.05, 3.63) is 67.1 Å². The van der Waals surface area contributed by atoms with Gasteiger partial charge in [0, 0.05) is 28.7 Å². The van der Waals surface area contributed by atoms with Crippen LogP contribution in [-0.2, 0) is 6.54 Å². The normalized spacial score (nSPS) is 10.5. The molecule has 2 rings (SSSR count). The predicted octanol–water partition coefficient (Wildman–Crippen LogP) is 5.68. The zero-order valence-electron chi connectivity index (χ0n) is 11.0. The second kappa shape index (κ2) is 7.01. The van der Waals surface area contributed by atoms with Gasteiger partial charge in [0.2, 0.25) is 0 Å². The molecule has 6 heteroatoms. The molecule has 2 nitrogen and oxygen atoms in total. The number of rotatable bonds is 3. The van der Waals surface area contributed by atoms with Gasteiger partial charge in [0.25, 0.3) is 5.91 Å². The molecule has 2 aromatic rings. The Balaban J connectivity index is 2.17. The lowest BCUT2D eigenvalue weighted by Gasteiger charge is -2.18. The molecule has 0 spiro atoms. The van der Waals surface area contributed by atoms with Crippen molar-refractivity contribution in [3.8, 4) is 0 Å². The maximum absolute atomic E-state index is 12.4. The summed E-state index contributed by atoms with van der Waals surface area (Å²) in [5.41, 5.74) is 1.43. The molecule has 0 atom stereocenters. The Labute approximate surface area is 146 Å². The first-order valence-electron chi connectivity index (χ1n) is 6.02. The van der Waals surface area contributed by atoms with E-state index in [1.54, 1.807) is 42.3 Å². The van der Waals surface area contributed by atoms with Gasteiger partial charge in [-0.25, -0.2) is 0 Å². The van der Waals surface area contributed by atoms with Crippen molar-refractivity contribution >= 4 is 56.6 Å². The maximum Gasteiger partial charge on any atom is 0.253 e. The van der Waals surface area contributed by atoms with Crippen LogP contribution in [0.4, 0.5) is 0 Å². The third-order valence-corrected chi connectivity index (χ3v) is 4.28. The largest absolute Gasteiger partial charge is 0.337 e. The SMILES string of the molecule is CN(Cc1ccc(Cl)c(Cl)c1)C(=O)c1cc(Cl)cc(Br)c1. The third-order valence-electron chi connectivity index (χ3n) is 2.86. The minimum absolute atomic E-state index is 0.121. The van der Waals surface area contributed by atoms with Crippen LogP contribution in [-0.4, -0.2) is 17.9 Å². The molecule has 2 aromatic carbocycles. The Hall–Kier alpha value is -0.740. The molecule has 0 saturated carbocycles. The first-order chi connectivity index (χ1) is 9.86. The molecule has 0 aromatic heterocycles. The predicted molar refractivity (Wildman–Crippen MR) is 91.4 cm³/mol. The van der Waals surface area contributed by atoms with E-state index < -0.39 is 0 Å². The van der Waals surface area contributed by atoms with E-state index in [-0.39, 0.29) is 5.91 Å². The van der Waals surface area contributed by atoms with Crippen molar-refractivity contribution in [1.29, 1.82) is 0 Å². The van der Waals surface area contributed by atoms with Crippen molar-refractivity contribution in [2.24, 2.45) is 0 Å². The Kier molecular flexibility index (Phi) is 5.55. The monoisotopic (exact) mass is 405 g/mol. The van der Waals surface area contributed by atoms with E-state index >= 15 is 0 Å². The molecular formula is C15H11BrCl3NO. The quantitative estimate of drug-likeness (QED) is 0.641. The lowest BCUT2D eigenvalue weighted by Crippen LogP contribution is -2.26. The topological polar surface area (TPSA) is 20.3 Å². The fourth-order valence-electron chi connectivity index (χ4n) is 1.88. The molecule has 21 heavy (non-hydrogen) atoms. The molecule has 0 radical (unpaired) electrons. The molecule has 0 aliphatic carbocycles. The molecule has 0 unspecified atom stereocenters. The summed E-state index contributed by atoms with van der Waals surface area (Å²) in [5, 5.41) is 1.48. The molecule has 0 bridgehead atoms. The van der Waals surface area contributed by atoms with Gasteiger partial charge in [0.05, 0.1) is 10.0 Å². The summed E-state index contributed by atoms with van der Waals surface area (Å²) < 4.78 is 0.765. The highest BCUT2D eigenvalue weighted by Gasteiger charge is 2.14. The van der Waals surface area contributed by atoms with Crippen LogP contribution in [0.15, 0.2) is 40.9 Å². The van der Waals surface area contributed by atoms with Gasteiger partial charge in [-0.1, -0.05) is 56.8 Å². The summed E-state index contributed by atoms with van der Waals surface area (Å²) in [5.74, 6) is -0.121. The van der Waals surface area contributed by atoms with E-state index in [0.29, 0.717) is 27.2 Å². The number of amides is 1. The number of carbonyl (C=O) groups excluding carboxylic acids is 1. The molecule has 0 heterocycles. The van der Waals surface area contributed by atoms with Gasteiger partial charge < -0.3 is 4.90 Å². The molecule has 1 amide bonds. The van der Waals surface area contributed by atoms with Crippen molar-refractivity contribution in [2.45, 2.75) is 6.54 Å². The van der Waals surface area contributed by atoms with Crippen molar-refractivity contribution in [1.82, 2.24) is 4.90 Å². The highest BCUT2D eigenvalue weighted by Crippen LogP contribution is 2.24. The van der Waals surface area contributed by atoms with Crippen LogP contribution >= 0.6 is 50.7 Å². The second-order valence-electron chi connectivity index (χ2n) is 4.57. The van der Waals surface area contributed by atoms with E-state index in [2.05, 4.69) is 15.9 Å². The Bertz CT molecular complexity index is 670. The third kappa shape index (κ3) is 4.36. The Morgan fingerprint density at radius 1 is 1.10 bits per heavy atom. The number of benzene rings is 2. The summed E-state index contributed by atoms with van der Waals surface area (Å²) in [6.45, 7) is 0.430. The van der Waals surface area contributed by atoms with Gasteiger partial charge in [-0.3, -0.25) is 4.79 Å². The van der Waals surface area contributed by atoms with Gasteiger partial charge in [0.1, 0.15) is 0 Å². The first-order valence-corrected chi connectivity index (χ1v) is 7.95. The fourth-order valence-corrected chi connectivity index (χ4v) is 3.06. The van der Waals surface area contributed by atoms with E-state index in [4.69, 9.17) is 34.8 Å². The zero-order chi connectivity index (χ0) is 15.6. The second-order valence-corrected chi connectivity index (χ2v) is 6.73. The highest BCUT2D eigenvalue weighted by molar-refractivity contribution is 9.10. The van der Waals surface area contributed by atoms with Gasteiger partial charge in [-0.2, -0.15) is 0 Å². The van der Waals surface area contributed by atoms with E-state index in [9.17, 15) is 4.79 Å². The van der Waals surface area contributed by atoms with Crippen molar-refractivity contribution in [2.75, 3.05) is 7.05 Å². The highest BCUT2D eigenvalue weighted by atomic mass is 79.9. The standard InChI is InChI=1S/C15H11BrCl3NO/c1-20(8-9-2-3-13(18)14(19)4-9)15(21)10-5-11(16)7-12(17)6-10/h2-7H,8H2,1H3. The van der Waals surface area contributed by atoms with Gasteiger partial charge in [-0.15, -0.1) is 0 Å². The van der Waals surface area contributed by atoms with Gasteiger partial charge in [0.15, 0.2) is 0 Å². The van der Waals surface area contributed by atoms with Crippen LogP contribution < -0.4 is 0 Å². The zero-order valence-corrected chi connectivity index (χ0v) is 14.9. The average Bonchev–Trinajstić information content (AvgIpc) is 2.41. The fraction of sp³-hybridized carbons (Fsp3) is 0.133. The van der Waals surface area contributed by atoms with Gasteiger partial charge in [-0.05, 0) is 35.9 Å². The Morgan fingerprint density at radius 3 is 2.43 bits per heavy atom. The summed E-state index contributed by atoms with van der Waals surface area (Å²) in [7, 11) is 1.72. The molecule has 0 aliphatic rings. The molecule has 0 aliphatic heterocycles. The lowest BCUT2D eigenvalue weighted by atomic mass is 10.1. The van der Waals surface area contributed by atoms with Gasteiger partial charge >= 0.3 is 0 Å². The summed E-state index contributed by atoms with van der Waals surface area (Å²) in [6.07, 6.45) is 0. The number of hydrogen-bond donors (Lipinski definition) is 0. The molecule has 0 N–H and O–H groups in total. The first kappa shape index (κ1) is 16.6.